The quantitative estimate of drug-likeness (QED) is 0.177. The van der Waals surface area contributed by atoms with Gasteiger partial charge in [-0.3, -0.25) is 5.32 Å². The van der Waals surface area contributed by atoms with Crippen LogP contribution in [0.15, 0.2) is 61.2 Å². The lowest BCUT2D eigenvalue weighted by atomic mass is 9.99. The summed E-state index contributed by atoms with van der Waals surface area (Å²) in [5, 5.41) is 16.9. The zero-order chi connectivity index (χ0) is 25.8. The number of aryl methyl sites for hydroxylation is 2. The van der Waals surface area contributed by atoms with Gasteiger partial charge in [-0.05, 0) is 67.1 Å². The highest BCUT2D eigenvalue weighted by Gasteiger charge is 2.60. The van der Waals surface area contributed by atoms with E-state index in [1.165, 1.54) is 16.7 Å². The molecule has 0 amide bonds. The maximum absolute atomic E-state index is 8.76. The van der Waals surface area contributed by atoms with Crippen LogP contribution in [0.4, 0.5) is 11.4 Å². The van der Waals surface area contributed by atoms with E-state index in [1.807, 2.05) is 42.6 Å². The standard InChI is InChI=1S/C30H28Cl2N4/c1-16-10-17(2)12-19(11-16)26-27(30(26,4)5)29-28(32)23-13-24(31)22(14-25(23)36-29)18(3)35-21-8-6-20(7-9-21)34-15-33/h6-14,26-27,34-36H,3H2,1-2,4-5H3. The normalized spacial score (nSPS) is 18.0. The van der Waals surface area contributed by atoms with Gasteiger partial charge in [0.15, 0.2) is 6.19 Å². The van der Waals surface area contributed by atoms with Crippen molar-refractivity contribution in [3.63, 3.8) is 0 Å². The zero-order valence-electron chi connectivity index (χ0n) is 20.8. The summed E-state index contributed by atoms with van der Waals surface area (Å²) >= 11 is 13.7. The molecule has 3 aromatic carbocycles. The molecular formula is C30H28Cl2N4. The summed E-state index contributed by atoms with van der Waals surface area (Å²) in [7, 11) is 0. The van der Waals surface area contributed by atoms with Gasteiger partial charge in [-0.2, -0.15) is 5.26 Å². The van der Waals surface area contributed by atoms with Crippen LogP contribution in [-0.2, 0) is 0 Å². The van der Waals surface area contributed by atoms with Crippen molar-refractivity contribution in [2.75, 3.05) is 10.6 Å². The van der Waals surface area contributed by atoms with E-state index in [0.29, 0.717) is 22.6 Å². The minimum absolute atomic E-state index is 0.0924. The Morgan fingerprint density at radius 2 is 1.61 bits per heavy atom. The van der Waals surface area contributed by atoms with Crippen LogP contribution in [0.1, 0.15) is 53.6 Å². The number of rotatable bonds is 6. The molecule has 0 saturated heterocycles. The highest BCUT2D eigenvalue weighted by atomic mass is 35.5. The van der Waals surface area contributed by atoms with Crippen LogP contribution in [0.2, 0.25) is 10.0 Å². The molecule has 1 aliphatic carbocycles. The van der Waals surface area contributed by atoms with E-state index in [2.05, 4.69) is 68.1 Å². The molecule has 182 valence electrons. The molecule has 1 aliphatic rings. The van der Waals surface area contributed by atoms with Crippen molar-refractivity contribution in [1.29, 1.82) is 5.26 Å². The highest BCUT2D eigenvalue weighted by Crippen LogP contribution is 2.70. The number of aromatic amines is 1. The molecule has 1 fully saturated rings. The van der Waals surface area contributed by atoms with Gasteiger partial charge < -0.3 is 10.3 Å². The number of nitrogens with zero attached hydrogens (tertiary/aromatic N) is 1. The van der Waals surface area contributed by atoms with Crippen LogP contribution in [-0.4, -0.2) is 4.98 Å². The molecule has 1 saturated carbocycles. The van der Waals surface area contributed by atoms with Gasteiger partial charge in [-0.25, -0.2) is 0 Å². The first-order valence-electron chi connectivity index (χ1n) is 11.9. The number of halogens is 2. The Morgan fingerprint density at radius 1 is 0.972 bits per heavy atom. The SMILES string of the molecule is C=C(Nc1ccc(NC#N)cc1)c1cc2[nH]c(C3C(c4cc(C)cc(C)c4)C3(C)C)c(Cl)c2cc1Cl. The van der Waals surface area contributed by atoms with Gasteiger partial charge >= 0.3 is 0 Å². The summed E-state index contributed by atoms with van der Waals surface area (Å²) in [6.07, 6.45) is 1.92. The Kier molecular flexibility index (Phi) is 6.03. The molecule has 0 radical (unpaired) electrons. The monoisotopic (exact) mass is 514 g/mol. The summed E-state index contributed by atoms with van der Waals surface area (Å²) in [4.78, 5) is 3.62. The Balaban J connectivity index is 1.45. The van der Waals surface area contributed by atoms with E-state index in [0.717, 1.165) is 38.6 Å². The van der Waals surface area contributed by atoms with Crippen LogP contribution >= 0.6 is 23.2 Å². The van der Waals surface area contributed by atoms with Crippen molar-refractivity contribution in [1.82, 2.24) is 4.98 Å². The molecule has 36 heavy (non-hydrogen) atoms. The van der Waals surface area contributed by atoms with Gasteiger partial charge in [0.2, 0.25) is 0 Å². The maximum atomic E-state index is 8.76. The molecule has 0 bridgehead atoms. The third kappa shape index (κ3) is 4.23. The average Bonchev–Trinajstić information content (AvgIpc) is 3.25. The Morgan fingerprint density at radius 3 is 2.25 bits per heavy atom. The number of anilines is 2. The number of nitrogens with one attached hydrogen (secondary N) is 3. The van der Waals surface area contributed by atoms with Gasteiger partial charge in [0.25, 0.3) is 0 Å². The molecule has 1 heterocycles. The smallest absolute Gasteiger partial charge is 0.181 e. The summed E-state index contributed by atoms with van der Waals surface area (Å²) in [5.41, 5.74) is 9.08. The first kappa shape index (κ1) is 24.3. The summed E-state index contributed by atoms with van der Waals surface area (Å²) in [6.45, 7) is 13.1. The minimum Gasteiger partial charge on any atom is -0.357 e. The first-order valence-corrected chi connectivity index (χ1v) is 12.7. The van der Waals surface area contributed by atoms with E-state index in [-0.39, 0.29) is 5.41 Å². The zero-order valence-corrected chi connectivity index (χ0v) is 22.3. The van der Waals surface area contributed by atoms with E-state index < -0.39 is 0 Å². The van der Waals surface area contributed by atoms with E-state index in [4.69, 9.17) is 28.5 Å². The fourth-order valence-electron chi connectivity index (χ4n) is 5.58. The van der Waals surface area contributed by atoms with Gasteiger partial charge in [-0.15, -0.1) is 0 Å². The number of hydrogen-bond acceptors (Lipinski definition) is 3. The number of hydrogen-bond donors (Lipinski definition) is 3. The number of benzene rings is 3. The predicted molar refractivity (Wildman–Crippen MR) is 152 cm³/mol. The lowest BCUT2D eigenvalue weighted by molar-refractivity contribution is 0.599. The third-order valence-electron chi connectivity index (χ3n) is 7.30. The van der Waals surface area contributed by atoms with Crippen LogP contribution in [0, 0.1) is 30.7 Å². The molecule has 6 heteroatoms. The summed E-state index contributed by atoms with van der Waals surface area (Å²) in [6, 6.07) is 18.1. The molecule has 1 aromatic heterocycles. The lowest BCUT2D eigenvalue weighted by Gasteiger charge is -2.12. The molecule has 4 aromatic rings. The fourth-order valence-corrected chi connectivity index (χ4v) is 6.18. The van der Waals surface area contributed by atoms with Gasteiger partial charge in [0, 0.05) is 45.2 Å². The Labute approximate surface area is 221 Å². The number of H-pyrrole nitrogens is 1. The molecule has 5 rings (SSSR count). The second-order valence-electron chi connectivity index (χ2n) is 10.3. The number of fused-ring (bicyclic) bond motifs is 1. The van der Waals surface area contributed by atoms with Crippen LogP contribution in [0.3, 0.4) is 0 Å². The van der Waals surface area contributed by atoms with Crippen LogP contribution < -0.4 is 10.6 Å². The largest absolute Gasteiger partial charge is 0.357 e. The molecular weight excluding hydrogens is 487 g/mol. The van der Waals surface area contributed by atoms with E-state index in [9.17, 15) is 0 Å². The average molecular weight is 515 g/mol. The first-order chi connectivity index (χ1) is 17.1. The van der Waals surface area contributed by atoms with Gasteiger partial charge in [0.05, 0.1) is 10.0 Å². The Hall–Kier alpha value is -3.39. The van der Waals surface area contributed by atoms with Crippen molar-refractivity contribution >= 4 is 51.2 Å². The third-order valence-corrected chi connectivity index (χ3v) is 8.02. The van der Waals surface area contributed by atoms with Gasteiger partial charge in [0.1, 0.15) is 0 Å². The van der Waals surface area contributed by atoms with Crippen LogP contribution in [0.25, 0.3) is 16.6 Å². The van der Waals surface area contributed by atoms with Crippen molar-refractivity contribution in [2.24, 2.45) is 5.41 Å². The molecule has 4 nitrogen and oxygen atoms in total. The Bertz CT molecular complexity index is 1520. The molecule has 2 unspecified atom stereocenters. The fraction of sp³-hybridized carbons (Fsp3) is 0.233. The molecule has 3 N–H and O–H groups in total. The van der Waals surface area contributed by atoms with E-state index >= 15 is 0 Å². The van der Waals surface area contributed by atoms with Crippen molar-refractivity contribution in [3.05, 3.63) is 99.2 Å². The topological polar surface area (TPSA) is 63.6 Å². The minimum atomic E-state index is 0.0924. The molecule has 0 aliphatic heterocycles. The lowest BCUT2D eigenvalue weighted by Crippen LogP contribution is -1.98. The van der Waals surface area contributed by atoms with Gasteiger partial charge in [-0.1, -0.05) is 73.0 Å². The second kappa shape index (κ2) is 8.92. The van der Waals surface area contributed by atoms with Crippen molar-refractivity contribution in [3.8, 4) is 6.19 Å². The maximum Gasteiger partial charge on any atom is 0.181 e. The molecule has 2 atom stereocenters. The second-order valence-corrected chi connectivity index (χ2v) is 11.1. The summed E-state index contributed by atoms with van der Waals surface area (Å²) in [5.74, 6) is 0.689. The number of nitriles is 1. The van der Waals surface area contributed by atoms with Crippen LogP contribution in [0.5, 0.6) is 0 Å². The van der Waals surface area contributed by atoms with Crippen molar-refractivity contribution in [2.45, 2.75) is 39.5 Å². The van der Waals surface area contributed by atoms with Crippen molar-refractivity contribution < 1.29 is 0 Å². The van der Waals surface area contributed by atoms with E-state index in [1.54, 1.807) is 0 Å². The summed E-state index contributed by atoms with van der Waals surface area (Å²) < 4.78 is 0. The molecule has 0 spiro atoms. The predicted octanol–water partition coefficient (Wildman–Crippen LogP) is 8.97. The number of aromatic nitrogens is 1. The highest BCUT2D eigenvalue weighted by molar-refractivity contribution is 6.38.